The van der Waals surface area contributed by atoms with E-state index in [1.807, 2.05) is 24.4 Å². The van der Waals surface area contributed by atoms with Crippen molar-refractivity contribution in [3.05, 3.63) is 45.9 Å². The molecule has 19 heavy (non-hydrogen) atoms. The highest BCUT2D eigenvalue weighted by molar-refractivity contribution is 7.13. The van der Waals surface area contributed by atoms with Crippen molar-refractivity contribution in [3.8, 4) is 0 Å². The second kappa shape index (κ2) is 6.14. The van der Waals surface area contributed by atoms with Crippen molar-refractivity contribution in [1.29, 1.82) is 0 Å². The largest absolute Gasteiger partial charge is 0.304 e. The number of carbonyl (C=O) groups is 1. The molecule has 1 amide bonds. The van der Waals surface area contributed by atoms with Gasteiger partial charge in [-0.05, 0) is 32.3 Å². The van der Waals surface area contributed by atoms with E-state index in [9.17, 15) is 4.79 Å². The third-order valence-corrected chi connectivity index (χ3v) is 3.38. The molecule has 100 valence electrons. The van der Waals surface area contributed by atoms with E-state index in [1.54, 1.807) is 24.3 Å². The lowest BCUT2D eigenvalue weighted by atomic mass is 10.2. The minimum atomic E-state index is -0.201. The van der Waals surface area contributed by atoms with Crippen molar-refractivity contribution in [1.82, 2.24) is 9.88 Å². The molecule has 0 aliphatic carbocycles. The van der Waals surface area contributed by atoms with Crippen molar-refractivity contribution in [2.45, 2.75) is 6.54 Å². The zero-order chi connectivity index (χ0) is 13.8. The van der Waals surface area contributed by atoms with Gasteiger partial charge in [0, 0.05) is 22.5 Å². The van der Waals surface area contributed by atoms with E-state index < -0.39 is 0 Å². The van der Waals surface area contributed by atoms with E-state index in [0.717, 1.165) is 12.2 Å². The highest BCUT2D eigenvalue weighted by Crippen LogP contribution is 2.18. The number of halogens is 1. The van der Waals surface area contributed by atoms with Gasteiger partial charge in [-0.1, -0.05) is 17.7 Å². The van der Waals surface area contributed by atoms with Crippen LogP contribution in [0.15, 0.2) is 29.6 Å². The van der Waals surface area contributed by atoms with Crippen LogP contribution in [0.3, 0.4) is 0 Å². The lowest BCUT2D eigenvalue weighted by Crippen LogP contribution is -2.13. The van der Waals surface area contributed by atoms with Crippen LogP contribution in [0.2, 0.25) is 5.02 Å². The first kappa shape index (κ1) is 14.0. The van der Waals surface area contributed by atoms with Crippen LogP contribution in [0.1, 0.15) is 16.1 Å². The van der Waals surface area contributed by atoms with Crippen molar-refractivity contribution in [3.63, 3.8) is 0 Å². The molecule has 1 N–H and O–H groups in total. The second-order valence-electron chi connectivity index (χ2n) is 4.35. The molecule has 6 heteroatoms. The van der Waals surface area contributed by atoms with Crippen LogP contribution in [0.5, 0.6) is 0 Å². The third-order valence-electron chi connectivity index (χ3n) is 2.34. The van der Waals surface area contributed by atoms with E-state index in [4.69, 9.17) is 11.6 Å². The second-order valence-corrected chi connectivity index (χ2v) is 5.64. The van der Waals surface area contributed by atoms with Crippen molar-refractivity contribution in [2.24, 2.45) is 0 Å². The fourth-order valence-corrected chi connectivity index (χ4v) is 2.45. The van der Waals surface area contributed by atoms with Gasteiger partial charge in [-0.25, -0.2) is 4.98 Å². The average molecular weight is 296 g/mol. The van der Waals surface area contributed by atoms with E-state index in [0.29, 0.717) is 15.7 Å². The summed E-state index contributed by atoms with van der Waals surface area (Å²) in [4.78, 5) is 18.4. The standard InChI is InChI=1S/C13H14ClN3OS/c1-17(2)7-11-8-19-13(15-11)16-12(18)9-4-3-5-10(14)6-9/h3-6,8H,7H2,1-2H3,(H,15,16,18). The van der Waals surface area contributed by atoms with Crippen LogP contribution in [0, 0.1) is 0 Å². The molecule has 0 saturated carbocycles. The number of hydrogen-bond donors (Lipinski definition) is 1. The van der Waals surface area contributed by atoms with Crippen molar-refractivity contribution in [2.75, 3.05) is 19.4 Å². The Balaban J connectivity index is 2.05. The summed E-state index contributed by atoms with van der Waals surface area (Å²) in [6.07, 6.45) is 0. The highest BCUT2D eigenvalue weighted by atomic mass is 35.5. The Labute approximate surface area is 121 Å². The molecule has 4 nitrogen and oxygen atoms in total. The van der Waals surface area contributed by atoms with Gasteiger partial charge in [-0.15, -0.1) is 11.3 Å². The summed E-state index contributed by atoms with van der Waals surface area (Å²) in [7, 11) is 3.95. The smallest absolute Gasteiger partial charge is 0.257 e. The number of aromatic nitrogens is 1. The number of rotatable bonds is 4. The summed E-state index contributed by atoms with van der Waals surface area (Å²) in [6, 6.07) is 6.83. The summed E-state index contributed by atoms with van der Waals surface area (Å²) < 4.78 is 0. The SMILES string of the molecule is CN(C)Cc1csc(NC(=O)c2cccc(Cl)c2)n1. The molecule has 2 aromatic rings. The topological polar surface area (TPSA) is 45.2 Å². The van der Waals surface area contributed by atoms with Crippen LogP contribution in [-0.4, -0.2) is 29.9 Å². The molecule has 0 radical (unpaired) electrons. The first-order chi connectivity index (χ1) is 9.04. The number of nitrogens with zero attached hydrogens (tertiary/aromatic N) is 2. The first-order valence-electron chi connectivity index (χ1n) is 5.70. The monoisotopic (exact) mass is 295 g/mol. The van der Waals surface area contributed by atoms with Crippen LogP contribution < -0.4 is 5.32 Å². The van der Waals surface area contributed by atoms with Gasteiger partial charge in [0.2, 0.25) is 0 Å². The average Bonchev–Trinajstić information content (AvgIpc) is 2.75. The van der Waals surface area contributed by atoms with Crippen LogP contribution in [0.25, 0.3) is 0 Å². The number of thiazole rings is 1. The summed E-state index contributed by atoms with van der Waals surface area (Å²) in [6.45, 7) is 0.754. The maximum absolute atomic E-state index is 12.0. The Kier molecular flexibility index (Phi) is 4.52. The zero-order valence-electron chi connectivity index (χ0n) is 10.7. The first-order valence-corrected chi connectivity index (χ1v) is 6.96. The lowest BCUT2D eigenvalue weighted by Gasteiger charge is -2.05. The van der Waals surface area contributed by atoms with Gasteiger partial charge in [0.25, 0.3) is 5.91 Å². The van der Waals surface area contributed by atoms with Crippen molar-refractivity contribution >= 4 is 34.0 Å². The molecule has 0 unspecified atom stereocenters. The molecule has 0 saturated heterocycles. The molecular weight excluding hydrogens is 282 g/mol. The summed E-state index contributed by atoms with van der Waals surface area (Å²) in [5.41, 5.74) is 1.47. The van der Waals surface area contributed by atoms with E-state index in [2.05, 4.69) is 10.3 Å². The van der Waals surface area contributed by atoms with Gasteiger partial charge >= 0.3 is 0 Å². The minimum Gasteiger partial charge on any atom is -0.304 e. The Hall–Kier alpha value is -1.43. The quantitative estimate of drug-likeness (QED) is 0.942. The zero-order valence-corrected chi connectivity index (χ0v) is 12.3. The predicted molar refractivity (Wildman–Crippen MR) is 78.9 cm³/mol. The van der Waals surface area contributed by atoms with Gasteiger partial charge in [-0.3, -0.25) is 10.1 Å². The molecule has 0 aliphatic heterocycles. The molecule has 0 aliphatic rings. The number of benzene rings is 1. The Bertz CT molecular complexity index is 583. The third kappa shape index (κ3) is 4.02. The molecule has 1 aromatic heterocycles. The fraction of sp³-hybridized carbons (Fsp3) is 0.231. The summed E-state index contributed by atoms with van der Waals surface area (Å²) in [5.74, 6) is -0.201. The van der Waals surface area contributed by atoms with E-state index >= 15 is 0 Å². The van der Waals surface area contributed by atoms with Crippen LogP contribution >= 0.6 is 22.9 Å². The molecular formula is C13H14ClN3OS. The van der Waals surface area contributed by atoms with E-state index in [-0.39, 0.29) is 5.91 Å². The van der Waals surface area contributed by atoms with E-state index in [1.165, 1.54) is 11.3 Å². The van der Waals surface area contributed by atoms with Gasteiger partial charge in [-0.2, -0.15) is 0 Å². The summed E-state index contributed by atoms with van der Waals surface area (Å²) >= 11 is 7.27. The molecule has 0 spiro atoms. The number of carbonyl (C=O) groups excluding carboxylic acids is 1. The maximum atomic E-state index is 12.0. The number of anilines is 1. The lowest BCUT2D eigenvalue weighted by molar-refractivity contribution is 0.102. The molecule has 2 rings (SSSR count). The number of hydrogen-bond acceptors (Lipinski definition) is 4. The fourth-order valence-electron chi connectivity index (χ4n) is 1.56. The molecule has 1 aromatic carbocycles. The normalized spacial score (nSPS) is 10.7. The number of amides is 1. The van der Waals surface area contributed by atoms with Gasteiger partial charge < -0.3 is 4.90 Å². The Morgan fingerprint density at radius 1 is 1.47 bits per heavy atom. The summed E-state index contributed by atoms with van der Waals surface area (Å²) in [5, 5.41) is 5.85. The minimum absolute atomic E-state index is 0.201. The molecule has 0 bridgehead atoms. The maximum Gasteiger partial charge on any atom is 0.257 e. The molecule has 1 heterocycles. The predicted octanol–water partition coefficient (Wildman–Crippen LogP) is 3.11. The van der Waals surface area contributed by atoms with Gasteiger partial charge in [0.1, 0.15) is 0 Å². The number of nitrogens with one attached hydrogen (secondary N) is 1. The van der Waals surface area contributed by atoms with Gasteiger partial charge in [0.05, 0.1) is 5.69 Å². The Morgan fingerprint density at radius 3 is 2.95 bits per heavy atom. The van der Waals surface area contributed by atoms with Gasteiger partial charge in [0.15, 0.2) is 5.13 Å². The Morgan fingerprint density at radius 2 is 2.26 bits per heavy atom. The molecule has 0 atom stereocenters. The van der Waals surface area contributed by atoms with Crippen molar-refractivity contribution < 1.29 is 4.79 Å². The highest BCUT2D eigenvalue weighted by Gasteiger charge is 2.09. The molecule has 0 fully saturated rings. The van der Waals surface area contributed by atoms with Crippen LogP contribution in [0.4, 0.5) is 5.13 Å². The van der Waals surface area contributed by atoms with Crippen LogP contribution in [-0.2, 0) is 6.54 Å².